The van der Waals surface area contributed by atoms with E-state index in [1.165, 1.54) is 0 Å². The lowest BCUT2D eigenvalue weighted by Gasteiger charge is -2.34. The fraction of sp³-hybridized carbons (Fsp3) is 0.259. The molecule has 0 amide bonds. The number of rotatable bonds is 6. The molecule has 6 heteroatoms. The van der Waals surface area contributed by atoms with Crippen molar-refractivity contribution in [1.29, 1.82) is 0 Å². The van der Waals surface area contributed by atoms with Gasteiger partial charge in [-0.15, -0.1) is 0 Å². The molecule has 1 aliphatic rings. The van der Waals surface area contributed by atoms with Gasteiger partial charge in [0.2, 0.25) is 5.60 Å². The Morgan fingerprint density at radius 2 is 1.30 bits per heavy atom. The Labute approximate surface area is 194 Å². The third-order valence-electron chi connectivity index (χ3n) is 5.58. The number of benzene rings is 3. The molecule has 0 atom stereocenters. The van der Waals surface area contributed by atoms with Crippen molar-refractivity contribution in [3.8, 4) is 0 Å². The van der Waals surface area contributed by atoms with E-state index in [9.17, 15) is 4.79 Å². The third kappa shape index (κ3) is 4.91. The Morgan fingerprint density at radius 1 is 0.848 bits per heavy atom. The maximum absolute atomic E-state index is 12.9. The number of amidine groups is 1. The highest BCUT2D eigenvalue weighted by atomic mass is 16.7. The van der Waals surface area contributed by atoms with Crippen LogP contribution in [0.25, 0.3) is 0 Å². The van der Waals surface area contributed by atoms with Crippen LogP contribution in [0.2, 0.25) is 0 Å². The average Bonchev–Trinajstić information content (AvgIpc) is 2.89. The van der Waals surface area contributed by atoms with E-state index in [1.807, 2.05) is 95.9 Å². The van der Waals surface area contributed by atoms with Crippen molar-refractivity contribution in [2.45, 2.75) is 12.5 Å². The van der Waals surface area contributed by atoms with Crippen molar-refractivity contribution in [1.82, 2.24) is 4.90 Å². The lowest BCUT2D eigenvalue weighted by Crippen LogP contribution is -2.45. The minimum absolute atomic E-state index is 0.146. The van der Waals surface area contributed by atoms with Crippen LogP contribution in [-0.2, 0) is 24.7 Å². The van der Waals surface area contributed by atoms with Crippen molar-refractivity contribution in [2.75, 3.05) is 32.9 Å². The lowest BCUT2D eigenvalue weighted by molar-refractivity contribution is -0.136. The summed E-state index contributed by atoms with van der Waals surface area (Å²) in [5.41, 5.74) is 1.64. The van der Waals surface area contributed by atoms with Gasteiger partial charge in [0.1, 0.15) is 0 Å². The van der Waals surface area contributed by atoms with Crippen molar-refractivity contribution in [3.63, 3.8) is 0 Å². The summed E-state index contributed by atoms with van der Waals surface area (Å²) in [6.45, 7) is 4.13. The van der Waals surface area contributed by atoms with Gasteiger partial charge in [0, 0.05) is 29.8 Å². The number of esters is 1. The highest BCUT2D eigenvalue weighted by Crippen LogP contribution is 2.40. The van der Waals surface area contributed by atoms with E-state index in [2.05, 4.69) is 5.16 Å². The quantitative estimate of drug-likeness (QED) is 0.187. The molecule has 0 unspecified atom stereocenters. The Hall–Kier alpha value is -3.64. The summed E-state index contributed by atoms with van der Waals surface area (Å²) in [6.07, 6.45) is 0. The predicted octanol–water partition coefficient (Wildman–Crippen LogP) is 4.20. The first-order valence-electron chi connectivity index (χ1n) is 11.2. The van der Waals surface area contributed by atoms with Gasteiger partial charge in [0.15, 0.2) is 0 Å². The van der Waals surface area contributed by atoms with Gasteiger partial charge in [-0.05, 0) is 6.92 Å². The molecular weight excluding hydrogens is 416 g/mol. The summed E-state index contributed by atoms with van der Waals surface area (Å²) in [5.74, 6) is -0.366. The molecule has 0 saturated carbocycles. The van der Waals surface area contributed by atoms with Crippen LogP contribution >= 0.6 is 0 Å². The summed E-state index contributed by atoms with van der Waals surface area (Å²) in [6, 6.07) is 29.8. The Kier molecular flexibility index (Phi) is 7.37. The minimum Gasteiger partial charge on any atom is -0.460 e. The number of carbonyl (C=O) groups excluding carboxylic acids is 1. The van der Waals surface area contributed by atoms with Gasteiger partial charge in [-0.3, -0.25) is 0 Å². The van der Waals surface area contributed by atoms with Crippen LogP contribution in [0.1, 0.15) is 23.6 Å². The standard InChI is InChI=1S/C27H28N2O4/c1-2-32-26(30)25(29-18-20-31-21-19-29)28-33-27(22-12-6-3-7-13-22,23-14-8-4-9-15-23)24-16-10-5-11-17-24/h3-17H,2,18-21H2,1H3/b28-25-. The number of oxime groups is 1. The molecule has 0 bridgehead atoms. The minimum atomic E-state index is -1.06. The van der Waals surface area contributed by atoms with Crippen LogP contribution in [0.15, 0.2) is 96.2 Å². The van der Waals surface area contributed by atoms with Crippen molar-refractivity contribution in [2.24, 2.45) is 5.16 Å². The number of hydrogen-bond acceptors (Lipinski definition) is 5. The summed E-state index contributed by atoms with van der Waals surface area (Å²) in [7, 11) is 0. The molecule has 0 aromatic heterocycles. The van der Waals surface area contributed by atoms with E-state index in [4.69, 9.17) is 14.3 Å². The topological polar surface area (TPSA) is 60.4 Å². The zero-order valence-electron chi connectivity index (χ0n) is 18.7. The fourth-order valence-corrected chi connectivity index (χ4v) is 3.98. The number of carbonyl (C=O) groups is 1. The maximum Gasteiger partial charge on any atom is 0.377 e. The zero-order chi connectivity index (χ0) is 22.9. The number of hydrogen-bond donors (Lipinski definition) is 0. The molecule has 6 nitrogen and oxygen atoms in total. The molecule has 4 rings (SSSR count). The van der Waals surface area contributed by atoms with E-state index in [0.29, 0.717) is 26.3 Å². The first-order valence-corrected chi connectivity index (χ1v) is 11.2. The molecule has 1 saturated heterocycles. The summed E-state index contributed by atoms with van der Waals surface area (Å²) in [4.78, 5) is 21.2. The van der Waals surface area contributed by atoms with Crippen LogP contribution in [0, 0.1) is 0 Å². The second kappa shape index (κ2) is 10.8. The number of ether oxygens (including phenoxy) is 2. The van der Waals surface area contributed by atoms with Gasteiger partial charge in [-0.2, -0.15) is 0 Å². The molecule has 0 radical (unpaired) electrons. The highest BCUT2D eigenvalue weighted by molar-refractivity contribution is 6.35. The van der Waals surface area contributed by atoms with Gasteiger partial charge in [0.25, 0.3) is 5.84 Å². The SMILES string of the molecule is CCOC(=O)/C(=N/OC(c1ccccc1)(c1ccccc1)c1ccccc1)N1CCOCC1. The van der Waals surface area contributed by atoms with Gasteiger partial charge >= 0.3 is 5.97 Å². The second-order valence-electron chi connectivity index (χ2n) is 7.61. The molecule has 3 aromatic carbocycles. The molecule has 0 aliphatic carbocycles. The summed E-state index contributed by atoms with van der Waals surface area (Å²) < 4.78 is 10.8. The number of morpholine rings is 1. The molecule has 1 aliphatic heterocycles. The molecule has 0 N–H and O–H groups in total. The molecule has 0 spiro atoms. The Morgan fingerprint density at radius 3 is 1.73 bits per heavy atom. The number of nitrogens with zero attached hydrogens (tertiary/aromatic N) is 2. The van der Waals surface area contributed by atoms with E-state index in [0.717, 1.165) is 16.7 Å². The molecule has 1 heterocycles. The van der Waals surface area contributed by atoms with Gasteiger partial charge in [-0.25, -0.2) is 4.79 Å². The largest absolute Gasteiger partial charge is 0.460 e. The molecule has 170 valence electrons. The van der Waals surface area contributed by atoms with Crippen LogP contribution in [0.4, 0.5) is 0 Å². The molecule has 3 aromatic rings. The van der Waals surface area contributed by atoms with E-state index in [1.54, 1.807) is 6.92 Å². The van der Waals surface area contributed by atoms with E-state index >= 15 is 0 Å². The molecule has 1 fully saturated rings. The average molecular weight is 445 g/mol. The van der Waals surface area contributed by atoms with Crippen molar-refractivity contribution >= 4 is 11.8 Å². The summed E-state index contributed by atoms with van der Waals surface area (Å²) >= 11 is 0. The molecular formula is C27H28N2O4. The van der Waals surface area contributed by atoms with E-state index in [-0.39, 0.29) is 12.4 Å². The highest BCUT2D eigenvalue weighted by Gasteiger charge is 2.40. The normalized spacial score (nSPS) is 14.6. The first kappa shape index (κ1) is 22.6. The van der Waals surface area contributed by atoms with Crippen LogP contribution in [0.3, 0.4) is 0 Å². The predicted molar refractivity (Wildman–Crippen MR) is 127 cm³/mol. The van der Waals surface area contributed by atoms with Gasteiger partial charge in [0.05, 0.1) is 19.8 Å². The monoisotopic (exact) mass is 444 g/mol. The third-order valence-corrected chi connectivity index (χ3v) is 5.58. The van der Waals surface area contributed by atoms with Crippen molar-refractivity contribution in [3.05, 3.63) is 108 Å². The van der Waals surface area contributed by atoms with Crippen molar-refractivity contribution < 1.29 is 19.1 Å². The van der Waals surface area contributed by atoms with Crippen LogP contribution in [0.5, 0.6) is 0 Å². The Balaban J connectivity index is 1.87. The Bertz CT molecular complexity index is 953. The first-order chi connectivity index (χ1) is 16.3. The fourth-order valence-electron chi connectivity index (χ4n) is 3.98. The maximum atomic E-state index is 12.9. The smallest absolute Gasteiger partial charge is 0.377 e. The lowest BCUT2D eigenvalue weighted by atomic mass is 9.80. The van der Waals surface area contributed by atoms with Crippen LogP contribution < -0.4 is 0 Å². The van der Waals surface area contributed by atoms with Crippen LogP contribution in [-0.4, -0.2) is 49.6 Å². The van der Waals surface area contributed by atoms with Gasteiger partial charge in [-0.1, -0.05) is 96.2 Å². The zero-order valence-corrected chi connectivity index (χ0v) is 18.7. The van der Waals surface area contributed by atoms with Gasteiger partial charge < -0.3 is 19.2 Å². The van der Waals surface area contributed by atoms with E-state index < -0.39 is 11.6 Å². The molecule has 33 heavy (non-hydrogen) atoms. The summed E-state index contributed by atoms with van der Waals surface area (Å²) in [5, 5.41) is 4.48. The second-order valence-corrected chi connectivity index (χ2v) is 7.61.